The zero-order chi connectivity index (χ0) is 23.1. The van der Waals surface area contributed by atoms with Crippen LogP contribution in [-0.4, -0.2) is 61.7 Å². The lowest BCUT2D eigenvalue weighted by atomic mass is 10.1. The molecule has 2 aromatic rings. The van der Waals surface area contributed by atoms with E-state index in [2.05, 4.69) is 5.32 Å². The van der Waals surface area contributed by atoms with Crippen LogP contribution >= 0.6 is 11.6 Å². The summed E-state index contributed by atoms with van der Waals surface area (Å²) < 4.78 is 32.1. The average molecular weight is 482 g/mol. The van der Waals surface area contributed by atoms with E-state index in [9.17, 15) is 18.0 Å². The highest BCUT2D eigenvalue weighted by Gasteiger charge is 2.30. The third-order valence-corrected chi connectivity index (χ3v) is 7.58. The summed E-state index contributed by atoms with van der Waals surface area (Å²) in [6, 6.07) is 9.73. The van der Waals surface area contributed by atoms with Gasteiger partial charge in [-0.1, -0.05) is 11.6 Å². The molecule has 0 radical (unpaired) electrons. The Morgan fingerprint density at radius 1 is 1.09 bits per heavy atom. The number of nitrogens with zero attached hydrogens (tertiary/aromatic N) is 2. The van der Waals surface area contributed by atoms with Gasteiger partial charge in [0.15, 0.2) is 0 Å². The highest BCUT2D eigenvalue weighted by atomic mass is 35.5. The van der Waals surface area contributed by atoms with E-state index < -0.39 is 10.0 Å². The molecule has 0 spiro atoms. The van der Waals surface area contributed by atoms with Gasteiger partial charge in [-0.2, -0.15) is 4.31 Å². The molecular weight excluding hydrogens is 454 g/mol. The van der Waals surface area contributed by atoms with Gasteiger partial charge in [0.2, 0.25) is 21.8 Å². The minimum absolute atomic E-state index is 0.0238. The third kappa shape index (κ3) is 6.57. The fourth-order valence-corrected chi connectivity index (χ4v) is 5.09. The number of halogens is 1. The van der Waals surface area contributed by atoms with Crippen molar-refractivity contribution < 1.29 is 22.4 Å². The Labute approximate surface area is 193 Å². The number of hydrogen-bond donors (Lipinski definition) is 1. The van der Waals surface area contributed by atoms with Crippen LogP contribution in [0.4, 0.5) is 0 Å². The highest BCUT2D eigenvalue weighted by Crippen LogP contribution is 2.20. The van der Waals surface area contributed by atoms with Gasteiger partial charge in [0.05, 0.1) is 11.2 Å². The maximum Gasteiger partial charge on any atom is 0.243 e. The number of piperazine rings is 1. The average Bonchev–Trinajstić information content (AvgIpc) is 3.30. The quantitative estimate of drug-likeness (QED) is 0.593. The maximum absolute atomic E-state index is 12.7. The van der Waals surface area contributed by atoms with Gasteiger partial charge >= 0.3 is 0 Å². The smallest absolute Gasteiger partial charge is 0.243 e. The van der Waals surface area contributed by atoms with Crippen LogP contribution in [0.2, 0.25) is 5.02 Å². The molecule has 174 valence electrons. The molecule has 10 heteroatoms. The minimum atomic E-state index is -3.62. The van der Waals surface area contributed by atoms with Gasteiger partial charge in [-0.05, 0) is 49.7 Å². The number of carbonyl (C=O) groups excluding carboxylic acids is 2. The van der Waals surface area contributed by atoms with Crippen molar-refractivity contribution in [1.29, 1.82) is 0 Å². The van der Waals surface area contributed by atoms with Gasteiger partial charge in [-0.25, -0.2) is 8.42 Å². The Morgan fingerprint density at radius 3 is 2.41 bits per heavy atom. The summed E-state index contributed by atoms with van der Waals surface area (Å²) in [5.74, 6) is 0.555. The van der Waals surface area contributed by atoms with Crippen LogP contribution in [0.15, 0.2) is 52.0 Å². The highest BCUT2D eigenvalue weighted by molar-refractivity contribution is 7.89. The summed E-state index contributed by atoms with van der Waals surface area (Å²) >= 11 is 5.83. The number of amides is 2. The molecule has 0 aliphatic carbocycles. The molecule has 32 heavy (non-hydrogen) atoms. The number of benzene rings is 1. The molecule has 3 rings (SSSR count). The summed E-state index contributed by atoms with van der Waals surface area (Å²) in [5.41, 5.74) is 0. The number of sulfonamides is 1. The van der Waals surface area contributed by atoms with Crippen molar-refractivity contribution in [2.75, 3.05) is 26.2 Å². The Hall–Kier alpha value is -2.36. The first-order chi connectivity index (χ1) is 15.3. The lowest BCUT2D eigenvalue weighted by Crippen LogP contribution is -2.50. The molecule has 8 nitrogen and oxygen atoms in total. The number of hydrogen-bond acceptors (Lipinski definition) is 5. The first-order valence-corrected chi connectivity index (χ1v) is 12.4. The van der Waals surface area contributed by atoms with Crippen molar-refractivity contribution in [2.45, 2.75) is 43.5 Å². The number of nitrogens with one attached hydrogen (secondary N) is 1. The molecule has 1 aromatic carbocycles. The molecule has 0 saturated carbocycles. The molecule has 1 atom stereocenters. The number of aryl methyl sites for hydroxylation is 1. The van der Waals surface area contributed by atoms with Gasteiger partial charge < -0.3 is 14.6 Å². The molecule has 1 aromatic heterocycles. The predicted octanol–water partition coefficient (Wildman–Crippen LogP) is 2.68. The summed E-state index contributed by atoms with van der Waals surface area (Å²) in [6.07, 6.45) is 3.30. The predicted molar refractivity (Wildman–Crippen MR) is 121 cm³/mol. The molecule has 0 bridgehead atoms. The second-order valence-electron chi connectivity index (χ2n) is 7.83. The van der Waals surface area contributed by atoms with E-state index in [-0.39, 0.29) is 48.7 Å². The van der Waals surface area contributed by atoms with Crippen LogP contribution in [0.25, 0.3) is 0 Å². The molecular formula is C22H28ClN3O5S. The zero-order valence-corrected chi connectivity index (χ0v) is 19.6. The fraction of sp³-hybridized carbons (Fsp3) is 0.455. The van der Waals surface area contributed by atoms with Gasteiger partial charge in [0.25, 0.3) is 0 Å². The summed E-state index contributed by atoms with van der Waals surface area (Å²) in [4.78, 5) is 26.4. The third-order valence-electron chi connectivity index (χ3n) is 5.42. The Kier molecular flexibility index (Phi) is 8.33. The first-order valence-electron chi connectivity index (χ1n) is 10.6. The van der Waals surface area contributed by atoms with Gasteiger partial charge in [-0.15, -0.1) is 0 Å². The van der Waals surface area contributed by atoms with E-state index in [0.29, 0.717) is 18.1 Å². The zero-order valence-electron chi connectivity index (χ0n) is 18.0. The summed E-state index contributed by atoms with van der Waals surface area (Å²) in [5, 5.41) is 3.37. The molecule has 1 fully saturated rings. The van der Waals surface area contributed by atoms with Crippen LogP contribution in [-0.2, 0) is 26.0 Å². The standard InChI is InChI=1S/C22H28ClN3O5S/c1-17(4-7-19-3-2-16-31-19)24-21(27)10-11-22(28)25-12-14-26(15-13-25)32(29,30)20-8-5-18(23)6-9-20/h2-3,5-6,8-9,16-17H,4,7,10-15H2,1H3,(H,24,27)/t17-/m1/s1. The number of rotatable bonds is 9. The van der Waals surface area contributed by atoms with E-state index >= 15 is 0 Å². The lowest BCUT2D eigenvalue weighted by Gasteiger charge is -2.34. The Bertz CT molecular complexity index is 1000. The number of furan rings is 1. The van der Waals surface area contributed by atoms with E-state index in [1.807, 2.05) is 19.1 Å². The van der Waals surface area contributed by atoms with E-state index in [1.165, 1.54) is 28.6 Å². The Balaban J connectivity index is 1.39. The van der Waals surface area contributed by atoms with E-state index in [4.69, 9.17) is 16.0 Å². The Morgan fingerprint density at radius 2 is 1.78 bits per heavy atom. The lowest BCUT2D eigenvalue weighted by molar-refractivity contribution is -0.134. The SMILES string of the molecule is C[C@H](CCc1ccco1)NC(=O)CCC(=O)N1CCN(S(=O)(=O)c2ccc(Cl)cc2)CC1. The molecule has 1 saturated heterocycles. The van der Waals surface area contributed by atoms with Gasteiger partial charge in [0, 0.05) is 56.5 Å². The number of carbonyl (C=O) groups is 2. The largest absolute Gasteiger partial charge is 0.469 e. The van der Waals surface area contributed by atoms with E-state index in [0.717, 1.165) is 18.6 Å². The molecule has 0 unspecified atom stereocenters. The molecule has 1 aliphatic heterocycles. The van der Waals surface area contributed by atoms with Crippen molar-refractivity contribution in [1.82, 2.24) is 14.5 Å². The van der Waals surface area contributed by atoms with Crippen molar-refractivity contribution >= 4 is 33.4 Å². The molecule has 1 N–H and O–H groups in total. The molecule has 2 amide bonds. The summed E-state index contributed by atoms with van der Waals surface area (Å²) in [6.45, 7) is 2.95. The second-order valence-corrected chi connectivity index (χ2v) is 10.2. The van der Waals surface area contributed by atoms with Gasteiger partial charge in [0.1, 0.15) is 5.76 Å². The molecule has 1 aliphatic rings. The first kappa shape index (κ1) is 24.3. The van der Waals surface area contributed by atoms with Crippen LogP contribution in [0.3, 0.4) is 0 Å². The maximum atomic E-state index is 12.7. The van der Waals surface area contributed by atoms with Crippen molar-refractivity contribution in [3.63, 3.8) is 0 Å². The summed E-state index contributed by atoms with van der Waals surface area (Å²) in [7, 11) is -3.62. The minimum Gasteiger partial charge on any atom is -0.469 e. The van der Waals surface area contributed by atoms with Gasteiger partial charge in [-0.3, -0.25) is 9.59 Å². The van der Waals surface area contributed by atoms with Crippen LogP contribution < -0.4 is 5.32 Å². The van der Waals surface area contributed by atoms with Crippen molar-refractivity contribution in [3.8, 4) is 0 Å². The fourth-order valence-electron chi connectivity index (χ4n) is 3.54. The van der Waals surface area contributed by atoms with Crippen molar-refractivity contribution in [2.24, 2.45) is 0 Å². The van der Waals surface area contributed by atoms with Crippen molar-refractivity contribution in [3.05, 3.63) is 53.4 Å². The topological polar surface area (TPSA) is 99.9 Å². The van der Waals surface area contributed by atoms with Crippen LogP contribution in [0.1, 0.15) is 31.9 Å². The van der Waals surface area contributed by atoms with Crippen LogP contribution in [0, 0.1) is 0 Å². The monoisotopic (exact) mass is 481 g/mol. The van der Waals surface area contributed by atoms with Crippen LogP contribution in [0.5, 0.6) is 0 Å². The van der Waals surface area contributed by atoms with E-state index in [1.54, 1.807) is 11.2 Å². The molecule has 2 heterocycles. The normalized spacial score (nSPS) is 16.0. The second kappa shape index (κ2) is 11.0.